The third-order valence-corrected chi connectivity index (χ3v) is 25.6. The van der Waals surface area contributed by atoms with Gasteiger partial charge in [-0.15, -0.1) is 0 Å². The van der Waals surface area contributed by atoms with E-state index in [1.54, 1.807) is 48.5 Å². The molecule has 0 aromatic heterocycles. The number of alkyl halides is 10. The summed E-state index contributed by atoms with van der Waals surface area (Å²) in [5, 5.41) is 48.0. The van der Waals surface area contributed by atoms with Gasteiger partial charge in [-0.25, -0.2) is 4.79 Å². The molecule has 22 heteroatoms. The van der Waals surface area contributed by atoms with E-state index in [1.807, 2.05) is 76.2 Å². The van der Waals surface area contributed by atoms with Crippen molar-refractivity contribution in [3.63, 3.8) is 0 Å². The molecule has 8 aliphatic carbocycles. The maximum atomic E-state index is 15.4. The first kappa shape index (κ1) is 71.7. The topological polar surface area (TPSA) is 187 Å². The molecular formula is C77H89F10NO11. The van der Waals surface area contributed by atoms with Gasteiger partial charge in [0.15, 0.2) is 11.6 Å². The van der Waals surface area contributed by atoms with Crippen molar-refractivity contribution < 1.29 is 97.6 Å². The maximum absolute atomic E-state index is 15.4. The number of methoxy groups -OCH3 is 1. The molecule has 4 aromatic rings. The first-order valence-electron chi connectivity index (χ1n) is 34.6. The molecule has 6 saturated carbocycles. The highest BCUT2D eigenvalue weighted by Gasteiger charge is 2.81. The van der Waals surface area contributed by atoms with Crippen molar-refractivity contribution in [1.29, 1.82) is 0 Å². The summed E-state index contributed by atoms with van der Waals surface area (Å²) in [6.45, 7) is 12.9. The summed E-state index contributed by atoms with van der Waals surface area (Å²) in [6, 6.07) is 28.4. The molecule has 2 heterocycles. The minimum Gasteiger partial charge on any atom is -0.465 e. The lowest BCUT2D eigenvalue weighted by Gasteiger charge is -2.59. The van der Waals surface area contributed by atoms with Crippen LogP contribution in [0.15, 0.2) is 119 Å². The minimum atomic E-state index is -5.92. The van der Waals surface area contributed by atoms with Gasteiger partial charge in [-0.3, -0.25) is 4.79 Å². The van der Waals surface area contributed by atoms with Gasteiger partial charge in [-0.2, -0.15) is 43.9 Å². The number of nitrogens with two attached hydrogens (primary N) is 1. The largest absolute Gasteiger partial charge is 0.465 e. The second-order valence-electron chi connectivity index (χ2n) is 32.6. The average Bonchev–Trinajstić information content (AvgIpc) is 1.61. The molecule has 0 bridgehead atoms. The fraction of sp³-hybridized carbons (Fsp3) is 0.610. The van der Waals surface area contributed by atoms with Crippen molar-refractivity contribution in [3.8, 4) is 22.3 Å². The summed E-state index contributed by atoms with van der Waals surface area (Å²) in [5.41, 5.74) is 1.21. The summed E-state index contributed by atoms with van der Waals surface area (Å²) in [5.74, 6) is -16.8. The molecule has 6 N–H and O–H groups in total. The van der Waals surface area contributed by atoms with Gasteiger partial charge in [-0.1, -0.05) is 125 Å². The van der Waals surface area contributed by atoms with Crippen LogP contribution >= 0.6 is 0 Å². The van der Waals surface area contributed by atoms with E-state index < -0.39 is 117 Å². The predicted octanol–water partition coefficient (Wildman–Crippen LogP) is 16.0. The van der Waals surface area contributed by atoms with Crippen molar-refractivity contribution in [1.82, 2.24) is 0 Å². The number of rotatable bonds is 8. The Morgan fingerprint density at radius 1 is 0.465 bits per heavy atom. The van der Waals surface area contributed by atoms with Crippen molar-refractivity contribution in [2.45, 2.75) is 214 Å². The van der Waals surface area contributed by atoms with Crippen molar-refractivity contribution in [3.05, 3.63) is 142 Å². The van der Waals surface area contributed by atoms with Crippen LogP contribution in [0.1, 0.15) is 188 Å². The van der Waals surface area contributed by atoms with Crippen LogP contribution in [-0.2, 0) is 23.7 Å². The second kappa shape index (κ2) is 23.9. The van der Waals surface area contributed by atoms with Crippen LogP contribution in [0.5, 0.6) is 0 Å². The molecule has 14 rings (SSSR count). The Labute approximate surface area is 570 Å². The quantitative estimate of drug-likeness (QED) is 0.0642. The summed E-state index contributed by atoms with van der Waals surface area (Å²) in [6.07, 6.45) is -9.76. The molecule has 8 fully saturated rings. The van der Waals surface area contributed by atoms with Gasteiger partial charge >= 0.3 is 30.2 Å². The SMILES string of the molecule is CC1(C)COC2(CCC3=C4C(c5ccc(-c6ccc(C(N)=O)cc6)cc5)C[C@@]5(C)[C@@H](CC[C@@]5(O)C(F)(F)C(F)(F)F)[C@@H]4CC[C@@]3(O)C2)OC1.COC(=O)c1ccc(-c2ccc(C3C[C@@]4(C)[C@@H](CC[C@@]4(O)C(F)(F)C(F)(F)F)[C@@H]4CC[C@@]5(O)CC6(CCC5=C34)OCC(C)(C)CO6)cc2)cc1. The van der Waals surface area contributed by atoms with Crippen LogP contribution < -0.4 is 5.73 Å². The summed E-state index contributed by atoms with van der Waals surface area (Å²) >= 11 is 0. The van der Waals surface area contributed by atoms with Gasteiger partial charge in [0.1, 0.15) is 11.2 Å². The van der Waals surface area contributed by atoms with Crippen LogP contribution in [0.25, 0.3) is 22.3 Å². The predicted molar refractivity (Wildman–Crippen MR) is 346 cm³/mol. The fourth-order valence-corrected chi connectivity index (χ4v) is 20.2. The van der Waals surface area contributed by atoms with E-state index in [4.69, 9.17) is 29.4 Å². The molecule has 12 nitrogen and oxygen atoms in total. The van der Waals surface area contributed by atoms with Gasteiger partial charge in [-0.05, 0) is 170 Å². The Morgan fingerprint density at radius 3 is 1.10 bits per heavy atom. The molecule has 4 aromatic carbocycles. The first-order chi connectivity index (χ1) is 46.0. The molecule has 99 heavy (non-hydrogen) atoms. The second-order valence-corrected chi connectivity index (χ2v) is 32.6. The smallest absolute Gasteiger partial charge is 0.456 e. The van der Waals surface area contributed by atoms with Gasteiger partial charge in [0.2, 0.25) is 5.91 Å². The minimum absolute atomic E-state index is 0.0245. The monoisotopic (exact) mass is 1390 g/mol. The lowest BCUT2D eigenvalue weighted by molar-refractivity contribution is -0.362. The number of allylic oxidation sites excluding steroid dienone is 2. The zero-order valence-corrected chi connectivity index (χ0v) is 56.8. The number of hydrogen-bond acceptors (Lipinski definition) is 11. The standard InChI is InChI=1S/C39H45F5O6.C38H44F5NO5/c1-33(2)21-49-36(50-22-33)17-14-30-31-27(13-16-35(30,46)20-36)29-15-18-37(47,38(40,41)39(42,43)44)34(29,3)19-28(31)25-9-5-23(6-10-25)24-7-11-26(12-8-24)32(45)48-4;1-32(2)20-48-35(49-21-32)16-13-29-30-26(12-15-34(29,46)19-35)28-14-17-36(47,37(39,40)38(41,42)43)33(28,3)18-27(30)24-8-4-22(5-9-24)23-6-10-25(11-7-23)31(44)45/h5-12,27-29,46-47H,13-22H2,1-4H3;4-11,26-28,46-47H,12-21H2,1-3H3,(H2,44,45)/t27-,28?,29-,34-,35+,37-;26-,27?,28-,33-,34+,36-/m00/s1. The lowest BCUT2D eigenvalue weighted by Crippen LogP contribution is -2.65. The highest BCUT2D eigenvalue weighted by atomic mass is 19.4. The van der Waals surface area contributed by atoms with Crippen LogP contribution in [0, 0.1) is 45.3 Å². The molecule has 2 saturated heterocycles. The number of aliphatic hydroxyl groups is 4. The Morgan fingerprint density at radius 2 is 0.788 bits per heavy atom. The van der Waals surface area contributed by atoms with Crippen LogP contribution in [0.4, 0.5) is 43.9 Å². The summed E-state index contributed by atoms with van der Waals surface area (Å²) < 4.78 is 176. The zero-order valence-electron chi connectivity index (χ0n) is 56.8. The number of carbonyl (C=O) groups is 2. The summed E-state index contributed by atoms with van der Waals surface area (Å²) in [7, 11) is 1.30. The van der Waals surface area contributed by atoms with E-state index in [1.165, 1.54) is 21.0 Å². The molecule has 538 valence electrons. The van der Waals surface area contributed by atoms with Gasteiger partial charge in [0.25, 0.3) is 0 Å². The molecule has 2 spiro atoms. The molecule has 12 atom stereocenters. The first-order valence-corrected chi connectivity index (χ1v) is 34.6. The van der Waals surface area contributed by atoms with Crippen molar-refractivity contribution >= 4 is 11.9 Å². The van der Waals surface area contributed by atoms with E-state index in [0.29, 0.717) is 100 Å². The molecule has 0 radical (unpaired) electrons. The van der Waals surface area contributed by atoms with E-state index in [-0.39, 0.29) is 61.2 Å². The Hall–Kier alpha value is -5.72. The number of halogens is 10. The van der Waals surface area contributed by atoms with Gasteiger partial charge in [0, 0.05) is 64.7 Å². The van der Waals surface area contributed by atoms with E-state index >= 15 is 17.6 Å². The van der Waals surface area contributed by atoms with Crippen LogP contribution in [-0.4, -0.2) is 124 Å². The number of fused-ring (bicyclic) bond motifs is 8. The normalized spacial score (nSPS) is 35.2. The zero-order chi connectivity index (χ0) is 71.5. The molecule has 1 amide bonds. The Kier molecular flexibility index (Phi) is 17.3. The number of carbonyl (C=O) groups excluding carboxylic acids is 2. The van der Waals surface area contributed by atoms with Crippen molar-refractivity contribution in [2.24, 2.45) is 51.1 Å². The number of amides is 1. The van der Waals surface area contributed by atoms with Crippen LogP contribution in [0.3, 0.4) is 0 Å². The van der Waals surface area contributed by atoms with E-state index in [2.05, 4.69) is 0 Å². The number of benzene rings is 4. The Balaban J connectivity index is 0.000000178. The number of ether oxygens (including phenoxy) is 5. The maximum Gasteiger partial charge on any atom is 0.456 e. The summed E-state index contributed by atoms with van der Waals surface area (Å²) in [4.78, 5) is 23.5. The molecular weight excluding hydrogens is 1300 g/mol. The third kappa shape index (κ3) is 11.5. The number of primary amides is 1. The average molecular weight is 1390 g/mol. The molecule has 2 aliphatic heterocycles. The van der Waals surface area contributed by atoms with Gasteiger partial charge < -0.3 is 49.8 Å². The molecule has 10 aliphatic rings. The third-order valence-electron chi connectivity index (χ3n) is 25.6. The van der Waals surface area contributed by atoms with Crippen LogP contribution in [0.2, 0.25) is 0 Å². The number of esters is 1. The highest BCUT2D eigenvalue weighted by Crippen LogP contribution is 2.74. The highest BCUT2D eigenvalue weighted by molar-refractivity contribution is 5.93. The fourth-order valence-electron chi connectivity index (χ4n) is 20.2. The Bertz CT molecular complexity index is 3830. The van der Waals surface area contributed by atoms with Gasteiger partial charge in [0.05, 0.1) is 50.3 Å². The van der Waals surface area contributed by atoms with Crippen molar-refractivity contribution in [2.75, 3.05) is 33.5 Å². The lowest BCUT2D eigenvalue weighted by atomic mass is 9.49. The number of hydrogen-bond donors (Lipinski definition) is 5. The van der Waals surface area contributed by atoms with E-state index in [0.717, 1.165) is 44.5 Å². The molecule has 2 unspecified atom stereocenters. The van der Waals surface area contributed by atoms with E-state index in [9.17, 15) is 56.4 Å².